The zero-order chi connectivity index (χ0) is 13.1. The van der Waals surface area contributed by atoms with Gasteiger partial charge in [0.15, 0.2) is 0 Å². The zero-order valence-corrected chi connectivity index (χ0v) is 12.1. The van der Waals surface area contributed by atoms with Crippen LogP contribution in [0.4, 0.5) is 11.4 Å². The highest BCUT2D eigenvalue weighted by atomic mass is 35.5. The number of thiophene rings is 1. The molecule has 2 nitrogen and oxygen atoms in total. The van der Waals surface area contributed by atoms with E-state index >= 15 is 0 Å². The molecule has 0 fully saturated rings. The summed E-state index contributed by atoms with van der Waals surface area (Å²) < 4.78 is 0. The van der Waals surface area contributed by atoms with Crippen molar-refractivity contribution in [2.24, 2.45) is 0 Å². The van der Waals surface area contributed by atoms with E-state index in [4.69, 9.17) is 17.3 Å². The predicted octanol–water partition coefficient (Wildman–Crippen LogP) is 4.34. The topological polar surface area (TPSA) is 38.0 Å². The minimum Gasteiger partial charge on any atom is -0.396 e. The van der Waals surface area contributed by atoms with Crippen LogP contribution in [0.25, 0.3) is 0 Å². The van der Waals surface area contributed by atoms with Gasteiger partial charge in [0.2, 0.25) is 0 Å². The van der Waals surface area contributed by atoms with E-state index in [2.05, 4.69) is 31.3 Å². The van der Waals surface area contributed by atoms with Crippen LogP contribution in [-0.4, -0.2) is 6.04 Å². The first-order valence-corrected chi connectivity index (χ1v) is 7.11. The van der Waals surface area contributed by atoms with Crippen LogP contribution in [0.5, 0.6) is 0 Å². The number of para-hydroxylation sites is 1. The third kappa shape index (κ3) is 3.18. The Morgan fingerprint density at radius 2 is 2.11 bits per heavy atom. The first kappa shape index (κ1) is 13.2. The largest absolute Gasteiger partial charge is 0.396 e. The van der Waals surface area contributed by atoms with E-state index in [9.17, 15) is 0 Å². The monoisotopic (exact) mass is 280 g/mol. The molecule has 4 heteroatoms. The molecule has 0 saturated carbocycles. The lowest BCUT2D eigenvalue weighted by Gasteiger charge is -2.16. The Bertz CT molecular complexity index is 536. The number of rotatable bonds is 4. The molecule has 1 aromatic carbocycles. The third-order valence-corrected chi connectivity index (χ3v) is 4.11. The zero-order valence-electron chi connectivity index (χ0n) is 10.5. The van der Waals surface area contributed by atoms with Crippen molar-refractivity contribution in [2.75, 3.05) is 11.1 Å². The van der Waals surface area contributed by atoms with Crippen molar-refractivity contribution in [3.05, 3.63) is 45.1 Å². The van der Waals surface area contributed by atoms with Gasteiger partial charge < -0.3 is 11.1 Å². The number of hydrogen-bond acceptors (Lipinski definition) is 3. The van der Waals surface area contributed by atoms with Crippen LogP contribution >= 0.6 is 22.9 Å². The van der Waals surface area contributed by atoms with Crippen molar-refractivity contribution in [1.82, 2.24) is 0 Å². The lowest BCUT2D eigenvalue weighted by Crippen LogP contribution is -2.18. The highest BCUT2D eigenvalue weighted by Gasteiger charge is 2.08. The van der Waals surface area contributed by atoms with Gasteiger partial charge in [0, 0.05) is 22.2 Å². The van der Waals surface area contributed by atoms with Gasteiger partial charge in [0.1, 0.15) is 0 Å². The Hall–Kier alpha value is -1.19. The molecule has 0 aliphatic carbocycles. The summed E-state index contributed by atoms with van der Waals surface area (Å²) in [7, 11) is 0. The fourth-order valence-electron chi connectivity index (χ4n) is 1.88. The smallest absolute Gasteiger partial charge is 0.0739 e. The summed E-state index contributed by atoms with van der Waals surface area (Å²) in [4.78, 5) is 2.73. The van der Waals surface area contributed by atoms with Gasteiger partial charge in [0.25, 0.3) is 0 Å². The third-order valence-electron chi connectivity index (χ3n) is 2.76. The molecular weight excluding hydrogens is 264 g/mol. The molecule has 1 heterocycles. The van der Waals surface area contributed by atoms with Gasteiger partial charge in [-0.2, -0.15) is 0 Å². The van der Waals surface area contributed by atoms with Crippen molar-refractivity contribution in [3.63, 3.8) is 0 Å². The number of aryl methyl sites for hydroxylation is 1. The molecule has 2 aromatic rings. The van der Waals surface area contributed by atoms with Gasteiger partial charge in [-0.3, -0.25) is 0 Å². The van der Waals surface area contributed by atoms with Crippen molar-refractivity contribution in [2.45, 2.75) is 26.3 Å². The quantitative estimate of drug-likeness (QED) is 0.818. The fraction of sp³-hybridized carbons (Fsp3) is 0.286. The molecule has 2 rings (SSSR count). The lowest BCUT2D eigenvalue weighted by atomic mass is 10.2. The molecule has 0 radical (unpaired) electrons. The number of anilines is 2. The number of halogens is 1. The Morgan fingerprint density at radius 3 is 2.78 bits per heavy atom. The number of benzene rings is 1. The second-order valence-electron chi connectivity index (χ2n) is 4.46. The van der Waals surface area contributed by atoms with Gasteiger partial charge >= 0.3 is 0 Å². The maximum Gasteiger partial charge on any atom is 0.0739 e. The van der Waals surface area contributed by atoms with E-state index in [1.165, 1.54) is 9.75 Å². The normalized spacial score (nSPS) is 12.4. The summed E-state index contributed by atoms with van der Waals surface area (Å²) >= 11 is 7.83. The number of hydrogen-bond donors (Lipinski definition) is 2. The number of nitrogen functional groups attached to an aromatic ring is 1. The molecule has 1 unspecified atom stereocenters. The number of nitrogens with one attached hydrogen (secondary N) is 1. The van der Waals surface area contributed by atoms with E-state index < -0.39 is 0 Å². The van der Waals surface area contributed by atoms with Crippen LogP contribution in [0.2, 0.25) is 5.02 Å². The van der Waals surface area contributed by atoms with Crippen LogP contribution in [0, 0.1) is 6.92 Å². The second-order valence-corrected chi connectivity index (χ2v) is 6.24. The Kier molecular flexibility index (Phi) is 4.15. The molecule has 18 heavy (non-hydrogen) atoms. The molecule has 0 spiro atoms. The van der Waals surface area contributed by atoms with Gasteiger partial charge in [-0.05, 0) is 38.1 Å². The second kappa shape index (κ2) is 5.63. The standard InChI is InChI=1S/C14H17ClN2S/c1-9(8-11-7-6-10(2)18-11)17-13-5-3-4-12(15)14(13)16/h3-7,9,17H,8,16H2,1-2H3. The highest BCUT2D eigenvalue weighted by Crippen LogP contribution is 2.28. The first-order chi connectivity index (χ1) is 8.56. The van der Waals surface area contributed by atoms with Crippen LogP contribution < -0.4 is 11.1 Å². The minimum absolute atomic E-state index is 0.323. The van der Waals surface area contributed by atoms with Gasteiger partial charge in [0.05, 0.1) is 16.4 Å². The van der Waals surface area contributed by atoms with E-state index in [-0.39, 0.29) is 0 Å². The Labute approximate surface area is 117 Å². The molecule has 96 valence electrons. The molecule has 0 aliphatic rings. The highest BCUT2D eigenvalue weighted by molar-refractivity contribution is 7.11. The van der Waals surface area contributed by atoms with Crippen LogP contribution in [0.15, 0.2) is 30.3 Å². The predicted molar refractivity (Wildman–Crippen MR) is 81.7 cm³/mol. The Morgan fingerprint density at radius 1 is 1.33 bits per heavy atom. The van der Waals surface area contributed by atoms with Gasteiger partial charge in [-0.1, -0.05) is 17.7 Å². The van der Waals surface area contributed by atoms with Gasteiger partial charge in [-0.15, -0.1) is 11.3 Å². The molecule has 0 saturated heterocycles. The summed E-state index contributed by atoms with van der Waals surface area (Å²) in [6.07, 6.45) is 0.991. The van der Waals surface area contributed by atoms with Crippen molar-refractivity contribution in [3.8, 4) is 0 Å². The summed E-state index contributed by atoms with van der Waals surface area (Å²) in [5.41, 5.74) is 7.46. The summed E-state index contributed by atoms with van der Waals surface area (Å²) in [5, 5.41) is 4.00. The number of nitrogens with two attached hydrogens (primary N) is 1. The molecule has 1 aromatic heterocycles. The Balaban J connectivity index is 2.03. The average Bonchev–Trinajstić information content (AvgIpc) is 2.70. The van der Waals surface area contributed by atoms with E-state index in [1.807, 2.05) is 23.5 Å². The van der Waals surface area contributed by atoms with Gasteiger partial charge in [-0.25, -0.2) is 0 Å². The molecule has 3 N–H and O–H groups in total. The summed E-state index contributed by atoms with van der Waals surface area (Å²) in [6.45, 7) is 4.27. The van der Waals surface area contributed by atoms with Crippen molar-refractivity contribution < 1.29 is 0 Å². The first-order valence-electron chi connectivity index (χ1n) is 5.92. The fourth-order valence-corrected chi connectivity index (χ4v) is 3.07. The summed E-state index contributed by atoms with van der Waals surface area (Å²) in [6, 6.07) is 10.3. The van der Waals surface area contributed by atoms with Crippen molar-refractivity contribution in [1.29, 1.82) is 0 Å². The SMILES string of the molecule is Cc1ccc(CC(C)Nc2cccc(Cl)c2N)s1. The van der Waals surface area contributed by atoms with Crippen LogP contribution in [-0.2, 0) is 6.42 Å². The molecular formula is C14H17ClN2S. The maximum absolute atomic E-state index is 6.00. The van der Waals surface area contributed by atoms with Crippen LogP contribution in [0.3, 0.4) is 0 Å². The van der Waals surface area contributed by atoms with Crippen LogP contribution in [0.1, 0.15) is 16.7 Å². The molecule has 1 atom stereocenters. The molecule has 0 aliphatic heterocycles. The molecule has 0 amide bonds. The van der Waals surface area contributed by atoms with E-state index in [0.29, 0.717) is 16.8 Å². The summed E-state index contributed by atoms with van der Waals surface area (Å²) in [5.74, 6) is 0. The average molecular weight is 281 g/mol. The molecule has 0 bridgehead atoms. The van der Waals surface area contributed by atoms with E-state index in [0.717, 1.165) is 12.1 Å². The van der Waals surface area contributed by atoms with E-state index in [1.54, 1.807) is 6.07 Å². The van der Waals surface area contributed by atoms with Crippen molar-refractivity contribution >= 4 is 34.3 Å². The lowest BCUT2D eigenvalue weighted by molar-refractivity contribution is 0.801. The minimum atomic E-state index is 0.323. The maximum atomic E-state index is 6.00.